The van der Waals surface area contributed by atoms with Crippen LogP contribution in [0.25, 0.3) is 11.2 Å². The van der Waals surface area contributed by atoms with Crippen LogP contribution < -0.4 is 4.90 Å². The summed E-state index contributed by atoms with van der Waals surface area (Å²) < 4.78 is 21.3. The van der Waals surface area contributed by atoms with Crippen molar-refractivity contribution in [3.63, 3.8) is 0 Å². The van der Waals surface area contributed by atoms with Crippen LogP contribution in [0.3, 0.4) is 0 Å². The maximum atomic E-state index is 14.2. The van der Waals surface area contributed by atoms with Gasteiger partial charge in [-0.05, 0) is 48.2 Å². The molecule has 2 aliphatic heterocycles. The van der Waals surface area contributed by atoms with Crippen molar-refractivity contribution in [3.05, 3.63) is 41.2 Å². The standard InChI is InChI=1S/C22H23ClFN5O4/c23-21-26-18(28-9-22(5-1-2-6-22)12-7-11(24)3-4-13(12)28)15-19(27-21)29(10-25-15)20-17(32)16(31)14(8-30)33-20/h3-4,7,10,14,16-17,20,30-32H,1-2,5-6,8-9H2/t14-,16?,17?,20-/m1/s1. The number of rotatable bonds is 3. The minimum absolute atomic E-state index is 0.0120. The van der Waals surface area contributed by atoms with Crippen molar-refractivity contribution in [2.75, 3.05) is 18.1 Å². The fourth-order valence-electron chi connectivity index (χ4n) is 5.67. The third-order valence-electron chi connectivity index (χ3n) is 7.26. The molecule has 11 heteroatoms. The summed E-state index contributed by atoms with van der Waals surface area (Å²) >= 11 is 6.32. The summed E-state index contributed by atoms with van der Waals surface area (Å²) in [6, 6.07) is 4.83. The van der Waals surface area contributed by atoms with Crippen molar-refractivity contribution in [3.8, 4) is 0 Å². The van der Waals surface area contributed by atoms with Gasteiger partial charge in [0.25, 0.3) is 0 Å². The Labute approximate surface area is 193 Å². The van der Waals surface area contributed by atoms with Crippen molar-refractivity contribution < 1.29 is 24.4 Å². The van der Waals surface area contributed by atoms with E-state index in [1.807, 2.05) is 4.90 Å². The second kappa shape index (κ2) is 7.57. The third kappa shape index (κ3) is 3.08. The number of nitrogens with zero attached hydrogens (tertiary/aromatic N) is 5. The van der Waals surface area contributed by atoms with Gasteiger partial charge in [-0.1, -0.05) is 12.8 Å². The number of anilines is 2. The summed E-state index contributed by atoms with van der Waals surface area (Å²) in [5, 5.41) is 30.1. The molecular weight excluding hydrogens is 453 g/mol. The molecule has 1 spiro atoms. The fourth-order valence-corrected chi connectivity index (χ4v) is 5.83. The van der Waals surface area contributed by atoms with E-state index >= 15 is 0 Å². The molecule has 0 radical (unpaired) electrons. The van der Waals surface area contributed by atoms with Gasteiger partial charge < -0.3 is 25.0 Å². The average Bonchev–Trinajstić information content (AvgIpc) is 3.56. The van der Waals surface area contributed by atoms with Gasteiger partial charge in [-0.15, -0.1) is 0 Å². The van der Waals surface area contributed by atoms with Gasteiger partial charge in [0.05, 0.1) is 12.9 Å². The Morgan fingerprint density at radius 3 is 2.70 bits per heavy atom. The van der Waals surface area contributed by atoms with Crippen molar-refractivity contribution in [1.29, 1.82) is 0 Å². The summed E-state index contributed by atoms with van der Waals surface area (Å²) in [6.45, 7) is 0.195. The second-order valence-electron chi connectivity index (χ2n) is 9.10. The summed E-state index contributed by atoms with van der Waals surface area (Å²) in [5.74, 6) is 0.230. The average molecular weight is 476 g/mol. The van der Waals surface area contributed by atoms with Crippen LogP contribution in [0.4, 0.5) is 15.9 Å². The van der Waals surface area contributed by atoms with Crippen LogP contribution in [0, 0.1) is 5.82 Å². The van der Waals surface area contributed by atoms with E-state index in [-0.39, 0.29) is 16.5 Å². The second-order valence-corrected chi connectivity index (χ2v) is 9.44. The first-order valence-electron chi connectivity index (χ1n) is 11.0. The molecule has 3 aliphatic rings. The number of aliphatic hydroxyl groups excluding tert-OH is 3. The number of aliphatic hydroxyl groups is 3. The molecule has 2 aromatic heterocycles. The Morgan fingerprint density at radius 2 is 1.97 bits per heavy atom. The van der Waals surface area contributed by atoms with Gasteiger partial charge in [-0.3, -0.25) is 4.57 Å². The molecule has 4 atom stereocenters. The van der Waals surface area contributed by atoms with Crippen molar-refractivity contribution >= 4 is 34.3 Å². The van der Waals surface area contributed by atoms with E-state index in [4.69, 9.17) is 16.3 Å². The maximum absolute atomic E-state index is 14.2. The number of hydrogen-bond donors (Lipinski definition) is 3. The first kappa shape index (κ1) is 21.2. The zero-order chi connectivity index (χ0) is 22.9. The molecule has 3 N–H and O–H groups in total. The smallest absolute Gasteiger partial charge is 0.226 e. The number of halogens is 2. The van der Waals surface area contributed by atoms with E-state index in [1.165, 1.54) is 17.0 Å². The van der Waals surface area contributed by atoms with Gasteiger partial charge in [0.15, 0.2) is 23.2 Å². The Bertz CT molecular complexity index is 1230. The highest BCUT2D eigenvalue weighted by atomic mass is 35.5. The number of ether oxygens (including phenoxy) is 1. The molecule has 2 fully saturated rings. The highest BCUT2D eigenvalue weighted by Gasteiger charge is 2.47. The Balaban J connectivity index is 1.47. The Morgan fingerprint density at radius 1 is 1.18 bits per heavy atom. The van der Waals surface area contributed by atoms with Gasteiger partial charge in [-0.2, -0.15) is 9.97 Å². The minimum atomic E-state index is -1.28. The number of aromatic nitrogens is 4. The zero-order valence-electron chi connectivity index (χ0n) is 17.6. The predicted molar refractivity (Wildman–Crippen MR) is 117 cm³/mol. The molecule has 3 aromatic rings. The van der Waals surface area contributed by atoms with E-state index in [2.05, 4.69) is 15.0 Å². The van der Waals surface area contributed by atoms with Crippen molar-refractivity contribution in [2.24, 2.45) is 0 Å². The van der Waals surface area contributed by atoms with E-state index in [1.54, 1.807) is 12.1 Å². The van der Waals surface area contributed by atoms with Crippen molar-refractivity contribution in [1.82, 2.24) is 19.5 Å². The molecule has 174 valence electrons. The normalized spacial score (nSPS) is 28.3. The molecule has 1 aromatic carbocycles. The van der Waals surface area contributed by atoms with Gasteiger partial charge in [0.2, 0.25) is 5.28 Å². The molecule has 1 aliphatic carbocycles. The van der Waals surface area contributed by atoms with Crippen LogP contribution in [0.2, 0.25) is 5.28 Å². The quantitative estimate of drug-likeness (QED) is 0.494. The lowest BCUT2D eigenvalue weighted by molar-refractivity contribution is -0.0511. The molecule has 4 heterocycles. The number of imidazole rings is 1. The van der Waals surface area contributed by atoms with Crippen LogP contribution in [-0.4, -0.2) is 66.3 Å². The zero-order valence-corrected chi connectivity index (χ0v) is 18.4. The SMILES string of the molecule is OC[C@H]1O[C@@H](n2cnc3c(N4CC5(CCCC5)c5cc(F)ccc54)nc(Cl)nc32)C(O)C1O. The first-order chi connectivity index (χ1) is 15.9. The van der Waals surface area contributed by atoms with E-state index in [0.29, 0.717) is 23.5 Å². The molecular formula is C22H23ClFN5O4. The van der Waals surface area contributed by atoms with Crippen LogP contribution in [0.1, 0.15) is 37.5 Å². The lowest BCUT2D eigenvalue weighted by Crippen LogP contribution is -2.33. The number of benzene rings is 1. The van der Waals surface area contributed by atoms with Crippen LogP contribution >= 0.6 is 11.6 Å². The Kier molecular flexibility index (Phi) is 4.86. The predicted octanol–water partition coefficient (Wildman–Crippen LogP) is 2.19. The molecule has 1 saturated carbocycles. The van der Waals surface area contributed by atoms with Gasteiger partial charge in [-0.25, -0.2) is 9.37 Å². The molecule has 33 heavy (non-hydrogen) atoms. The summed E-state index contributed by atoms with van der Waals surface area (Å²) in [4.78, 5) is 15.3. The van der Waals surface area contributed by atoms with Crippen LogP contribution in [0.5, 0.6) is 0 Å². The summed E-state index contributed by atoms with van der Waals surface area (Å²) in [7, 11) is 0. The molecule has 6 rings (SSSR count). The topological polar surface area (TPSA) is 117 Å². The summed E-state index contributed by atoms with van der Waals surface area (Å²) in [6.07, 6.45) is 1.10. The first-order valence-corrected chi connectivity index (χ1v) is 11.4. The van der Waals surface area contributed by atoms with Gasteiger partial charge in [0, 0.05) is 17.6 Å². The molecule has 0 amide bonds. The largest absolute Gasteiger partial charge is 0.394 e. The third-order valence-corrected chi connectivity index (χ3v) is 7.43. The van der Waals surface area contributed by atoms with Gasteiger partial charge >= 0.3 is 0 Å². The highest BCUT2D eigenvalue weighted by Crippen LogP contribution is 2.53. The van der Waals surface area contributed by atoms with Gasteiger partial charge in [0.1, 0.15) is 24.1 Å². The maximum Gasteiger partial charge on any atom is 0.226 e. The molecule has 0 bridgehead atoms. The van der Waals surface area contributed by atoms with Crippen LogP contribution in [0.15, 0.2) is 24.5 Å². The summed E-state index contributed by atoms with van der Waals surface area (Å²) in [5.41, 5.74) is 2.48. The number of fused-ring (bicyclic) bond motifs is 3. The Hall–Kier alpha value is -2.37. The fraction of sp³-hybridized carbons (Fsp3) is 0.500. The molecule has 2 unspecified atom stereocenters. The number of hydrogen-bond acceptors (Lipinski definition) is 8. The van der Waals surface area contributed by atoms with E-state index in [0.717, 1.165) is 36.9 Å². The van der Waals surface area contributed by atoms with E-state index in [9.17, 15) is 19.7 Å². The van der Waals surface area contributed by atoms with Crippen molar-refractivity contribution in [2.45, 2.75) is 55.6 Å². The molecule has 9 nitrogen and oxygen atoms in total. The highest BCUT2D eigenvalue weighted by molar-refractivity contribution is 6.28. The monoisotopic (exact) mass is 475 g/mol. The van der Waals surface area contributed by atoms with E-state index < -0.39 is 31.1 Å². The minimum Gasteiger partial charge on any atom is -0.394 e. The lowest BCUT2D eigenvalue weighted by atomic mass is 9.81. The lowest BCUT2D eigenvalue weighted by Gasteiger charge is -2.25. The van der Waals surface area contributed by atoms with Crippen LogP contribution in [-0.2, 0) is 10.2 Å². The molecule has 1 saturated heterocycles.